The fraction of sp³-hybridized carbons (Fsp3) is 0.867. The van der Waals surface area contributed by atoms with E-state index in [1.807, 2.05) is 13.8 Å². The van der Waals surface area contributed by atoms with Crippen molar-refractivity contribution >= 4 is 11.9 Å². The molecule has 1 fully saturated rings. The van der Waals surface area contributed by atoms with Crippen LogP contribution >= 0.6 is 0 Å². The van der Waals surface area contributed by atoms with Gasteiger partial charge >= 0.3 is 5.97 Å². The van der Waals surface area contributed by atoms with Crippen molar-refractivity contribution in [3.63, 3.8) is 0 Å². The van der Waals surface area contributed by atoms with Crippen LogP contribution in [-0.2, 0) is 9.59 Å². The van der Waals surface area contributed by atoms with Crippen molar-refractivity contribution in [3.05, 3.63) is 0 Å². The molecule has 1 aliphatic heterocycles. The van der Waals surface area contributed by atoms with Crippen molar-refractivity contribution in [2.24, 2.45) is 5.92 Å². The van der Waals surface area contributed by atoms with E-state index < -0.39 is 12.0 Å². The van der Waals surface area contributed by atoms with Gasteiger partial charge in [0.1, 0.15) is 6.04 Å². The van der Waals surface area contributed by atoms with Gasteiger partial charge in [0.25, 0.3) is 0 Å². The fourth-order valence-electron chi connectivity index (χ4n) is 2.55. The summed E-state index contributed by atoms with van der Waals surface area (Å²) in [5, 5.41) is 11.7. The maximum Gasteiger partial charge on any atom is 0.326 e. The summed E-state index contributed by atoms with van der Waals surface area (Å²) in [4.78, 5) is 27.7. The summed E-state index contributed by atoms with van der Waals surface area (Å²) < 4.78 is 0. The van der Waals surface area contributed by atoms with E-state index in [-0.39, 0.29) is 11.8 Å². The summed E-state index contributed by atoms with van der Waals surface area (Å²) in [5.74, 6) is -0.872. The summed E-state index contributed by atoms with van der Waals surface area (Å²) >= 11 is 0. The van der Waals surface area contributed by atoms with Crippen molar-refractivity contribution in [3.8, 4) is 0 Å². The van der Waals surface area contributed by atoms with Crippen LogP contribution in [0, 0.1) is 5.92 Å². The molecule has 1 rings (SSSR count). The van der Waals surface area contributed by atoms with Crippen LogP contribution in [0.25, 0.3) is 0 Å². The number of amides is 1. The number of carbonyl (C=O) groups is 2. The highest BCUT2D eigenvalue weighted by molar-refractivity contribution is 5.83. The molecular weight excluding hydrogens is 270 g/mol. The van der Waals surface area contributed by atoms with Crippen LogP contribution < -0.4 is 5.32 Å². The summed E-state index contributed by atoms with van der Waals surface area (Å²) in [6.07, 6.45) is 0.838. The van der Waals surface area contributed by atoms with Crippen LogP contribution in [0.3, 0.4) is 0 Å². The van der Waals surface area contributed by atoms with Crippen LogP contribution in [0.15, 0.2) is 0 Å². The normalized spacial score (nSPS) is 18.7. The highest BCUT2D eigenvalue weighted by atomic mass is 16.4. The monoisotopic (exact) mass is 299 g/mol. The number of nitrogens with zero attached hydrogens (tertiary/aromatic N) is 2. The van der Waals surface area contributed by atoms with E-state index in [0.717, 1.165) is 32.7 Å². The van der Waals surface area contributed by atoms with Crippen molar-refractivity contribution in [2.75, 3.05) is 39.3 Å². The van der Waals surface area contributed by atoms with Crippen molar-refractivity contribution < 1.29 is 14.7 Å². The van der Waals surface area contributed by atoms with E-state index in [2.05, 4.69) is 22.0 Å². The molecule has 0 spiro atoms. The van der Waals surface area contributed by atoms with Crippen LogP contribution in [0.2, 0.25) is 0 Å². The molecule has 6 nitrogen and oxygen atoms in total. The van der Waals surface area contributed by atoms with Gasteiger partial charge in [-0.1, -0.05) is 20.8 Å². The SMILES string of the molecule is CCN1CCN(CCC(=O)NC(CC(C)C)C(=O)O)CC1. The molecule has 122 valence electrons. The molecule has 1 atom stereocenters. The van der Waals surface area contributed by atoms with Crippen LogP contribution in [0.1, 0.15) is 33.6 Å². The highest BCUT2D eigenvalue weighted by Gasteiger charge is 2.22. The van der Waals surface area contributed by atoms with E-state index in [0.29, 0.717) is 19.4 Å². The lowest BCUT2D eigenvalue weighted by atomic mass is 10.0. The summed E-state index contributed by atoms with van der Waals surface area (Å²) in [5.41, 5.74) is 0. The van der Waals surface area contributed by atoms with E-state index in [1.165, 1.54) is 0 Å². The van der Waals surface area contributed by atoms with Gasteiger partial charge in [0.2, 0.25) is 5.91 Å². The number of carboxylic acid groups (broad SMARTS) is 1. The van der Waals surface area contributed by atoms with Gasteiger partial charge in [0.05, 0.1) is 0 Å². The Morgan fingerprint density at radius 1 is 1.14 bits per heavy atom. The Bertz CT molecular complexity index is 339. The Labute approximate surface area is 127 Å². The number of likely N-dealkylation sites (N-methyl/N-ethyl adjacent to an activating group) is 1. The lowest BCUT2D eigenvalue weighted by Crippen LogP contribution is -2.47. The molecule has 0 aromatic carbocycles. The molecule has 21 heavy (non-hydrogen) atoms. The van der Waals surface area contributed by atoms with Crippen molar-refractivity contribution in [1.29, 1.82) is 0 Å². The molecule has 6 heteroatoms. The number of aliphatic carboxylic acids is 1. The smallest absolute Gasteiger partial charge is 0.326 e. The predicted molar refractivity (Wildman–Crippen MR) is 82.2 cm³/mol. The number of piperazine rings is 1. The average Bonchev–Trinajstić information content (AvgIpc) is 2.44. The number of carbonyl (C=O) groups excluding carboxylic acids is 1. The number of hydrogen-bond acceptors (Lipinski definition) is 4. The Morgan fingerprint density at radius 3 is 2.19 bits per heavy atom. The van der Waals surface area contributed by atoms with Gasteiger partial charge in [-0.2, -0.15) is 0 Å². The minimum Gasteiger partial charge on any atom is -0.480 e. The maximum absolute atomic E-state index is 11.9. The van der Waals surface area contributed by atoms with Gasteiger partial charge in [-0.05, 0) is 18.9 Å². The Kier molecular flexibility index (Phi) is 7.67. The molecule has 0 aliphatic carbocycles. The predicted octanol–water partition coefficient (Wildman–Crippen LogP) is 0.630. The first-order valence-corrected chi connectivity index (χ1v) is 7.89. The Hall–Kier alpha value is -1.14. The number of rotatable bonds is 8. The van der Waals surface area contributed by atoms with Gasteiger partial charge in [-0.15, -0.1) is 0 Å². The standard InChI is InChI=1S/C15H29N3O3/c1-4-17-7-9-18(10-8-17)6-5-14(19)16-13(15(20)21)11-12(2)3/h12-13H,4-11H2,1-3H3,(H,16,19)(H,20,21). The zero-order chi connectivity index (χ0) is 15.8. The number of carboxylic acids is 1. The average molecular weight is 299 g/mol. The molecule has 1 heterocycles. The first-order valence-electron chi connectivity index (χ1n) is 7.89. The molecule has 0 saturated carbocycles. The van der Waals surface area contributed by atoms with E-state index in [1.54, 1.807) is 0 Å². The first kappa shape index (κ1) is 17.9. The van der Waals surface area contributed by atoms with E-state index in [9.17, 15) is 9.59 Å². The Morgan fingerprint density at radius 2 is 1.71 bits per heavy atom. The molecule has 0 radical (unpaired) electrons. The topological polar surface area (TPSA) is 72.9 Å². The number of hydrogen-bond donors (Lipinski definition) is 2. The third-order valence-electron chi connectivity index (χ3n) is 3.91. The third-order valence-corrected chi connectivity index (χ3v) is 3.91. The molecule has 1 unspecified atom stereocenters. The van der Waals surface area contributed by atoms with Gasteiger partial charge in [-0.3, -0.25) is 4.79 Å². The summed E-state index contributed by atoms with van der Waals surface area (Å²) in [6, 6.07) is -0.769. The van der Waals surface area contributed by atoms with Crippen molar-refractivity contribution in [1.82, 2.24) is 15.1 Å². The molecular formula is C15H29N3O3. The molecule has 1 amide bonds. The molecule has 2 N–H and O–H groups in total. The zero-order valence-electron chi connectivity index (χ0n) is 13.5. The van der Waals surface area contributed by atoms with Crippen LogP contribution in [0.4, 0.5) is 0 Å². The largest absolute Gasteiger partial charge is 0.480 e. The highest BCUT2D eigenvalue weighted by Crippen LogP contribution is 2.06. The molecule has 0 bridgehead atoms. The van der Waals surface area contributed by atoms with E-state index >= 15 is 0 Å². The van der Waals surface area contributed by atoms with Crippen LogP contribution in [-0.4, -0.2) is 72.1 Å². The molecule has 0 aromatic rings. The molecule has 1 aliphatic rings. The minimum absolute atomic E-state index is 0.166. The van der Waals surface area contributed by atoms with Gasteiger partial charge in [0, 0.05) is 39.1 Å². The second kappa shape index (κ2) is 9.00. The third kappa shape index (κ3) is 6.91. The lowest BCUT2D eigenvalue weighted by Gasteiger charge is -2.33. The van der Waals surface area contributed by atoms with Gasteiger partial charge < -0.3 is 20.2 Å². The summed E-state index contributed by atoms with van der Waals surface area (Å²) in [7, 11) is 0. The minimum atomic E-state index is -0.950. The summed E-state index contributed by atoms with van der Waals surface area (Å²) in [6.45, 7) is 11.9. The quantitative estimate of drug-likeness (QED) is 0.688. The molecule has 0 aromatic heterocycles. The zero-order valence-corrected chi connectivity index (χ0v) is 13.5. The fourth-order valence-corrected chi connectivity index (χ4v) is 2.55. The van der Waals surface area contributed by atoms with Crippen LogP contribution in [0.5, 0.6) is 0 Å². The Balaban J connectivity index is 2.28. The van der Waals surface area contributed by atoms with Gasteiger partial charge in [-0.25, -0.2) is 4.79 Å². The first-order chi connectivity index (χ1) is 9.92. The van der Waals surface area contributed by atoms with Gasteiger partial charge in [0.15, 0.2) is 0 Å². The van der Waals surface area contributed by atoms with E-state index in [4.69, 9.17) is 5.11 Å². The lowest BCUT2D eigenvalue weighted by molar-refractivity contribution is -0.142. The second-order valence-electron chi connectivity index (χ2n) is 6.11. The molecule has 1 saturated heterocycles. The number of nitrogens with one attached hydrogen (secondary N) is 1. The maximum atomic E-state index is 11.9. The van der Waals surface area contributed by atoms with Crippen molar-refractivity contribution in [2.45, 2.75) is 39.7 Å². The second-order valence-corrected chi connectivity index (χ2v) is 6.11.